The number of H-pyrrole nitrogens is 1. The van der Waals surface area contributed by atoms with Gasteiger partial charge in [0, 0.05) is 11.4 Å². The quantitative estimate of drug-likeness (QED) is 0.691. The Hall–Kier alpha value is -1.60. The average Bonchev–Trinajstić information content (AvgIpc) is 3.23. The van der Waals surface area contributed by atoms with Crippen LogP contribution >= 0.6 is 23.1 Å². The van der Waals surface area contributed by atoms with Crippen LogP contribution in [0, 0.1) is 0 Å². The molecule has 2 aliphatic carbocycles. The fourth-order valence-electron chi connectivity index (χ4n) is 3.90. The number of aryl methyl sites for hydroxylation is 2. The number of nitrogens with one attached hydrogen (secondary N) is 2. The third-order valence-electron chi connectivity index (χ3n) is 5.25. The zero-order chi connectivity index (χ0) is 18.6. The lowest BCUT2D eigenvalue weighted by atomic mass is 9.97. The van der Waals surface area contributed by atoms with Gasteiger partial charge in [0.05, 0.1) is 16.9 Å². The van der Waals surface area contributed by atoms with Crippen LogP contribution < -0.4 is 10.9 Å². The highest BCUT2D eigenvalue weighted by Crippen LogP contribution is 2.34. The SMILES string of the molecule is O=C(CSCc1nc2sc3c(c2c(=O)[nH]1)CCC3)NCCC1=CCCCC1. The van der Waals surface area contributed by atoms with Crippen LogP contribution in [0.3, 0.4) is 0 Å². The van der Waals surface area contributed by atoms with Crippen LogP contribution in [0.25, 0.3) is 10.2 Å². The predicted octanol–water partition coefficient (Wildman–Crippen LogP) is 3.71. The van der Waals surface area contributed by atoms with E-state index in [1.165, 1.54) is 53.5 Å². The topological polar surface area (TPSA) is 74.8 Å². The molecule has 2 aromatic heterocycles. The Kier molecular flexibility index (Phi) is 5.98. The molecular formula is C20H25N3O2S2. The van der Waals surface area contributed by atoms with Gasteiger partial charge in [-0.05, 0) is 56.9 Å². The summed E-state index contributed by atoms with van der Waals surface area (Å²) in [6.45, 7) is 0.715. The smallest absolute Gasteiger partial charge is 0.259 e. The van der Waals surface area contributed by atoms with E-state index in [1.54, 1.807) is 11.3 Å². The van der Waals surface area contributed by atoms with Gasteiger partial charge in [-0.3, -0.25) is 9.59 Å². The zero-order valence-corrected chi connectivity index (χ0v) is 17.1. The number of hydrogen-bond acceptors (Lipinski definition) is 5. The molecular weight excluding hydrogens is 378 g/mol. The van der Waals surface area contributed by atoms with Gasteiger partial charge in [-0.1, -0.05) is 11.6 Å². The Morgan fingerprint density at radius 2 is 2.19 bits per heavy atom. The maximum atomic E-state index is 12.4. The Bertz CT molecular complexity index is 929. The van der Waals surface area contributed by atoms with Crippen LogP contribution in [0.1, 0.15) is 54.8 Å². The fraction of sp³-hybridized carbons (Fsp3) is 0.550. The maximum absolute atomic E-state index is 12.4. The molecule has 144 valence electrons. The summed E-state index contributed by atoms with van der Waals surface area (Å²) in [5.41, 5.74) is 2.66. The molecule has 0 atom stereocenters. The van der Waals surface area contributed by atoms with Crippen LogP contribution in [0.5, 0.6) is 0 Å². The van der Waals surface area contributed by atoms with Crippen molar-refractivity contribution in [3.05, 3.63) is 38.3 Å². The van der Waals surface area contributed by atoms with Gasteiger partial charge in [0.25, 0.3) is 5.56 Å². The molecule has 4 rings (SSSR count). The van der Waals surface area contributed by atoms with E-state index in [4.69, 9.17) is 0 Å². The van der Waals surface area contributed by atoms with Crippen molar-refractivity contribution in [3.63, 3.8) is 0 Å². The predicted molar refractivity (Wildman–Crippen MR) is 113 cm³/mol. The third-order valence-corrected chi connectivity index (χ3v) is 7.38. The molecule has 2 aliphatic rings. The van der Waals surface area contributed by atoms with E-state index in [9.17, 15) is 9.59 Å². The van der Waals surface area contributed by atoms with E-state index in [2.05, 4.69) is 21.4 Å². The van der Waals surface area contributed by atoms with Gasteiger partial charge in [0.1, 0.15) is 10.7 Å². The number of allylic oxidation sites excluding steroid dienone is 1. The lowest BCUT2D eigenvalue weighted by Crippen LogP contribution is -2.26. The minimum absolute atomic E-state index is 0.0276. The molecule has 0 saturated carbocycles. The summed E-state index contributed by atoms with van der Waals surface area (Å²) in [5.74, 6) is 1.65. The summed E-state index contributed by atoms with van der Waals surface area (Å²) in [6.07, 6.45) is 11.4. The molecule has 2 aromatic rings. The minimum Gasteiger partial charge on any atom is -0.355 e. The number of aromatic amines is 1. The van der Waals surface area contributed by atoms with Gasteiger partial charge < -0.3 is 10.3 Å². The molecule has 2 N–H and O–H groups in total. The molecule has 2 heterocycles. The van der Waals surface area contributed by atoms with E-state index >= 15 is 0 Å². The van der Waals surface area contributed by atoms with Gasteiger partial charge in [0.15, 0.2) is 0 Å². The summed E-state index contributed by atoms with van der Waals surface area (Å²) in [5, 5.41) is 3.78. The van der Waals surface area contributed by atoms with Crippen LogP contribution in [-0.2, 0) is 23.4 Å². The van der Waals surface area contributed by atoms with Crippen LogP contribution in [0.15, 0.2) is 16.4 Å². The number of nitrogens with zero attached hydrogens (tertiary/aromatic N) is 1. The number of carbonyl (C=O) groups is 1. The normalized spacial score (nSPS) is 16.4. The first-order valence-electron chi connectivity index (χ1n) is 9.76. The van der Waals surface area contributed by atoms with Crippen LogP contribution in [0.4, 0.5) is 0 Å². The Balaban J connectivity index is 1.26. The number of aromatic nitrogens is 2. The zero-order valence-electron chi connectivity index (χ0n) is 15.4. The number of fused-ring (bicyclic) bond motifs is 3. The highest BCUT2D eigenvalue weighted by molar-refractivity contribution is 7.99. The molecule has 7 heteroatoms. The molecule has 27 heavy (non-hydrogen) atoms. The summed E-state index contributed by atoms with van der Waals surface area (Å²) in [6, 6.07) is 0. The van der Waals surface area contributed by atoms with Crippen molar-refractivity contribution in [1.29, 1.82) is 0 Å². The molecule has 0 radical (unpaired) electrons. The van der Waals surface area contributed by atoms with E-state index in [-0.39, 0.29) is 11.5 Å². The largest absolute Gasteiger partial charge is 0.355 e. The summed E-state index contributed by atoms with van der Waals surface area (Å²) in [4.78, 5) is 34.1. The number of thiophene rings is 1. The van der Waals surface area contributed by atoms with Gasteiger partial charge in [-0.15, -0.1) is 23.1 Å². The van der Waals surface area contributed by atoms with Crippen LogP contribution in [0.2, 0.25) is 0 Å². The molecule has 0 fully saturated rings. The maximum Gasteiger partial charge on any atom is 0.259 e. The first-order valence-corrected chi connectivity index (χ1v) is 11.7. The van der Waals surface area contributed by atoms with Crippen molar-refractivity contribution in [2.45, 2.75) is 57.1 Å². The number of rotatable bonds is 7. The number of hydrogen-bond donors (Lipinski definition) is 2. The second-order valence-corrected chi connectivity index (χ2v) is 9.32. The van der Waals surface area contributed by atoms with E-state index in [0.717, 1.165) is 35.9 Å². The monoisotopic (exact) mass is 403 g/mol. The minimum atomic E-state index is -0.0276. The molecule has 0 spiro atoms. The van der Waals surface area contributed by atoms with E-state index < -0.39 is 0 Å². The fourth-order valence-corrected chi connectivity index (χ4v) is 5.90. The lowest BCUT2D eigenvalue weighted by Gasteiger charge is -2.12. The Morgan fingerprint density at radius 3 is 3.04 bits per heavy atom. The van der Waals surface area contributed by atoms with Gasteiger partial charge in [-0.25, -0.2) is 4.98 Å². The number of thioether (sulfide) groups is 1. The van der Waals surface area contributed by atoms with Crippen molar-refractivity contribution in [3.8, 4) is 0 Å². The number of carbonyl (C=O) groups excluding carboxylic acids is 1. The molecule has 0 aliphatic heterocycles. The van der Waals surface area contributed by atoms with Crippen LogP contribution in [-0.4, -0.2) is 28.2 Å². The second-order valence-electron chi connectivity index (χ2n) is 7.25. The van der Waals surface area contributed by atoms with Crippen molar-refractivity contribution < 1.29 is 4.79 Å². The molecule has 5 nitrogen and oxygen atoms in total. The molecule has 0 bridgehead atoms. The summed E-state index contributed by atoms with van der Waals surface area (Å²) < 4.78 is 0. The molecule has 1 amide bonds. The third kappa shape index (κ3) is 4.46. The average molecular weight is 404 g/mol. The van der Waals surface area contributed by atoms with Crippen molar-refractivity contribution in [2.24, 2.45) is 0 Å². The van der Waals surface area contributed by atoms with E-state index in [0.29, 0.717) is 23.9 Å². The van der Waals surface area contributed by atoms with Gasteiger partial charge in [0.2, 0.25) is 5.91 Å². The Morgan fingerprint density at radius 1 is 1.26 bits per heavy atom. The lowest BCUT2D eigenvalue weighted by molar-refractivity contribution is -0.118. The highest BCUT2D eigenvalue weighted by Gasteiger charge is 2.21. The summed E-state index contributed by atoms with van der Waals surface area (Å²) in [7, 11) is 0. The first kappa shape index (κ1) is 18.7. The second kappa shape index (κ2) is 8.61. The molecule has 0 unspecified atom stereocenters. The van der Waals surface area contributed by atoms with Gasteiger partial charge in [-0.2, -0.15) is 0 Å². The van der Waals surface area contributed by atoms with E-state index in [1.807, 2.05) is 0 Å². The molecule has 0 aromatic carbocycles. The first-order chi connectivity index (χ1) is 13.2. The Labute approximate surface area is 167 Å². The standard InChI is InChI=1S/C20H25N3O2S2/c24-17(21-10-9-13-5-2-1-3-6-13)12-26-11-16-22-19(25)18-14-7-4-8-15(14)27-20(18)23-16/h5H,1-4,6-12H2,(H,21,24)(H,22,23,25). The molecule has 0 saturated heterocycles. The van der Waals surface area contributed by atoms with Crippen molar-refractivity contribution in [1.82, 2.24) is 15.3 Å². The van der Waals surface area contributed by atoms with Crippen molar-refractivity contribution in [2.75, 3.05) is 12.3 Å². The van der Waals surface area contributed by atoms with Crippen molar-refractivity contribution >= 4 is 39.2 Å². The summed E-state index contributed by atoms with van der Waals surface area (Å²) >= 11 is 3.15. The van der Waals surface area contributed by atoms with Gasteiger partial charge >= 0.3 is 0 Å². The highest BCUT2D eigenvalue weighted by atomic mass is 32.2. The number of amides is 1.